The van der Waals surface area contributed by atoms with Crippen molar-refractivity contribution in [2.24, 2.45) is 5.73 Å². The van der Waals surface area contributed by atoms with Crippen LogP contribution in [0.5, 0.6) is 0 Å². The lowest BCUT2D eigenvalue weighted by atomic mass is 9.95. The molecule has 1 aliphatic rings. The van der Waals surface area contributed by atoms with Gasteiger partial charge in [-0.1, -0.05) is 18.2 Å². The summed E-state index contributed by atoms with van der Waals surface area (Å²) in [6.45, 7) is 6.65. The molecular formula is C23H27N5O3. The fourth-order valence-electron chi connectivity index (χ4n) is 4.14. The molecule has 1 aliphatic heterocycles. The van der Waals surface area contributed by atoms with Crippen LogP contribution < -0.4 is 11.1 Å². The number of benzene rings is 1. The Kier molecular flexibility index (Phi) is 5.49. The highest BCUT2D eigenvalue weighted by atomic mass is 16.5. The number of fused-ring (bicyclic) bond motifs is 1. The summed E-state index contributed by atoms with van der Waals surface area (Å²) in [4.78, 5) is 28.7. The zero-order valence-corrected chi connectivity index (χ0v) is 18.0. The van der Waals surface area contributed by atoms with E-state index in [1.54, 1.807) is 10.7 Å². The second-order valence-corrected chi connectivity index (χ2v) is 8.64. The number of carbonyl (C=O) groups excluding carboxylic acids is 2. The number of ether oxygens (including phenoxy) is 1. The Morgan fingerprint density at radius 1 is 1.32 bits per heavy atom. The minimum atomic E-state index is -0.653. The van der Waals surface area contributed by atoms with Gasteiger partial charge in [0.2, 0.25) is 0 Å². The number of aryl methyl sites for hydroxylation is 1. The minimum Gasteiger partial charge on any atom is -0.370 e. The van der Waals surface area contributed by atoms with E-state index < -0.39 is 5.91 Å². The molecule has 1 saturated heterocycles. The van der Waals surface area contributed by atoms with Crippen LogP contribution in [0.3, 0.4) is 0 Å². The smallest absolute Gasteiger partial charge is 0.274 e. The van der Waals surface area contributed by atoms with Crippen LogP contribution in [0.2, 0.25) is 0 Å². The highest BCUT2D eigenvalue weighted by molar-refractivity contribution is 6.12. The van der Waals surface area contributed by atoms with Crippen LogP contribution in [0.1, 0.15) is 59.7 Å². The number of rotatable bonds is 5. The lowest BCUT2D eigenvalue weighted by molar-refractivity contribution is -0.112. The number of pyridine rings is 1. The Morgan fingerprint density at radius 2 is 2.13 bits per heavy atom. The van der Waals surface area contributed by atoms with Gasteiger partial charge in [0.25, 0.3) is 11.8 Å². The number of nitrogens with two attached hydrogens (primary N) is 1. The monoisotopic (exact) mass is 421 g/mol. The van der Waals surface area contributed by atoms with Crippen LogP contribution in [0.15, 0.2) is 36.5 Å². The summed E-state index contributed by atoms with van der Waals surface area (Å²) in [5, 5.41) is 8.38. The van der Waals surface area contributed by atoms with Crippen LogP contribution in [0, 0.1) is 6.92 Å². The van der Waals surface area contributed by atoms with Crippen LogP contribution in [-0.2, 0) is 11.3 Å². The molecule has 8 nitrogen and oxygen atoms in total. The predicted molar refractivity (Wildman–Crippen MR) is 118 cm³/mol. The highest BCUT2D eigenvalue weighted by Gasteiger charge is 2.30. The third kappa shape index (κ3) is 4.44. The van der Waals surface area contributed by atoms with E-state index in [0.29, 0.717) is 17.9 Å². The number of aromatic nitrogens is 3. The molecule has 8 heteroatoms. The van der Waals surface area contributed by atoms with Crippen molar-refractivity contribution in [1.82, 2.24) is 14.8 Å². The first-order chi connectivity index (χ1) is 14.7. The van der Waals surface area contributed by atoms with Gasteiger partial charge in [-0.15, -0.1) is 0 Å². The van der Waals surface area contributed by atoms with Gasteiger partial charge in [-0.3, -0.25) is 19.3 Å². The molecule has 0 aliphatic carbocycles. The van der Waals surface area contributed by atoms with Crippen molar-refractivity contribution in [3.05, 3.63) is 53.5 Å². The zero-order chi connectivity index (χ0) is 22.2. The number of hydrogen-bond acceptors (Lipinski definition) is 5. The van der Waals surface area contributed by atoms with E-state index in [2.05, 4.69) is 24.1 Å². The predicted octanol–water partition coefficient (Wildman–Crippen LogP) is 3.44. The van der Waals surface area contributed by atoms with E-state index in [1.807, 2.05) is 25.1 Å². The maximum absolute atomic E-state index is 13.3. The average Bonchev–Trinajstić information content (AvgIpc) is 3.06. The molecule has 4 rings (SSSR count). The number of nitrogens with zero attached hydrogens (tertiary/aromatic N) is 3. The van der Waals surface area contributed by atoms with E-state index in [9.17, 15) is 9.59 Å². The first-order valence-electron chi connectivity index (χ1n) is 10.4. The van der Waals surface area contributed by atoms with E-state index in [-0.39, 0.29) is 23.3 Å². The van der Waals surface area contributed by atoms with Crippen molar-refractivity contribution < 1.29 is 14.3 Å². The van der Waals surface area contributed by atoms with Crippen molar-refractivity contribution in [2.75, 3.05) is 5.32 Å². The molecule has 31 heavy (non-hydrogen) atoms. The summed E-state index contributed by atoms with van der Waals surface area (Å²) in [7, 11) is 0. The van der Waals surface area contributed by atoms with Gasteiger partial charge in [-0.2, -0.15) is 5.10 Å². The Morgan fingerprint density at radius 3 is 2.87 bits per heavy atom. The van der Waals surface area contributed by atoms with Gasteiger partial charge >= 0.3 is 0 Å². The maximum atomic E-state index is 13.3. The lowest BCUT2D eigenvalue weighted by Crippen LogP contribution is -2.38. The Balaban J connectivity index is 1.69. The third-order valence-corrected chi connectivity index (χ3v) is 5.62. The van der Waals surface area contributed by atoms with Gasteiger partial charge in [-0.05, 0) is 57.7 Å². The number of carbonyl (C=O) groups is 2. The van der Waals surface area contributed by atoms with E-state index >= 15 is 0 Å². The number of primary amides is 1. The molecule has 0 radical (unpaired) electrons. The molecule has 0 spiro atoms. The molecule has 162 valence electrons. The lowest BCUT2D eigenvalue weighted by Gasteiger charge is -2.36. The summed E-state index contributed by atoms with van der Waals surface area (Å²) in [6, 6.07) is 8.86. The van der Waals surface area contributed by atoms with Gasteiger partial charge in [-0.25, -0.2) is 0 Å². The van der Waals surface area contributed by atoms with Gasteiger partial charge in [0.1, 0.15) is 11.4 Å². The molecule has 1 atom stereocenters. The van der Waals surface area contributed by atoms with E-state index in [1.165, 1.54) is 12.3 Å². The van der Waals surface area contributed by atoms with Crippen molar-refractivity contribution in [3.63, 3.8) is 0 Å². The van der Waals surface area contributed by atoms with Gasteiger partial charge in [0, 0.05) is 17.3 Å². The highest BCUT2D eigenvalue weighted by Crippen LogP contribution is 2.30. The summed E-state index contributed by atoms with van der Waals surface area (Å²) in [5.74, 6) is -0.968. The Labute approximate surface area is 180 Å². The molecule has 2 amide bonds. The quantitative estimate of drug-likeness (QED) is 0.655. The van der Waals surface area contributed by atoms with Crippen LogP contribution in [0.4, 0.5) is 5.69 Å². The molecule has 3 N–H and O–H groups in total. The van der Waals surface area contributed by atoms with Crippen molar-refractivity contribution in [2.45, 2.75) is 58.3 Å². The van der Waals surface area contributed by atoms with Crippen LogP contribution >= 0.6 is 0 Å². The van der Waals surface area contributed by atoms with Crippen LogP contribution in [0.25, 0.3) is 10.9 Å². The SMILES string of the molecule is Cc1cccc2c(C(=O)Nc3ccnc(C(N)=O)c3)n(CC3CCCC(C)(C)O3)nc12. The first-order valence-corrected chi connectivity index (χ1v) is 10.4. The summed E-state index contributed by atoms with van der Waals surface area (Å²) >= 11 is 0. The Bertz CT molecular complexity index is 1150. The summed E-state index contributed by atoms with van der Waals surface area (Å²) in [5.41, 5.74) is 7.90. The molecular weight excluding hydrogens is 394 g/mol. The fraction of sp³-hybridized carbons (Fsp3) is 0.391. The van der Waals surface area contributed by atoms with Crippen molar-refractivity contribution >= 4 is 28.4 Å². The largest absolute Gasteiger partial charge is 0.370 e. The second-order valence-electron chi connectivity index (χ2n) is 8.64. The zero-order valence-electron chi connectivity index (χ0n) is 18.0. The molecule has 1 aromatic carbocycles. The van der Waals surface area contributed by atoms with Crippen molar-refractivity contribution in [1.29, 1.82) is 0 Å². The molecule has 3 aromatic rings. The summed E-state index contributed by atoms with van der Waals surface area (Å²) in [6.07, 6.45) is 4.43. The van der Waals surface area contributed by atoms with Gasteiger partial charge in [0.15, 0.2) is 0 Å². The summed E-state index contributed by atoms with van der Waals surface area (Å²) < 4.78 is 7.99. The Hall–Kier alpha value is -3.26. The molecule has 1 unspecified atom stereocenters. The average molecular weight is 422 g/mol. The minimum absolute atomic E-state index is 0.0210. The first kappa shape index (κ1) is 21.0. The van der Waals surface area contributed by atoms with E-state index in [0.717, 1.165) is 35.7 Å². The third-order valence-electron chi connectivity index (χ3n) is 5.62. The molecule has 2 aromatic heterocycles. The molecule has 0 saturated carbocycles. The number of anilines is 1. The van der Waals surface area contributed by atoms with Crippen molar-refractivity contribution in [3.8, 4) is 0 Å². The van der Waals surface area contributed by atoms with Gasteiger partial charge in [0.05, 0.1) is 23.8 Å². The van der Waals surface area contributed by atoms with E-state index in [4.69, 9.17) is 15.6 Å². The second kappa shape index (κ2) is 8.11. The van der Waals surface area contributed by atoms with Gasteiger partial charge < -0.3 is 15.8 Å². The maximum Gasteiger partial charge on any atom is 0.274 e. The van der Waals surface area contributed by atoms with Crippen LogP contribution in [-0.4, -0.2) is 38.3 Å². The standard InChI is InChI=1S/C23H27N5O3/c1-14-6-4-8-17-19(14)27-28(13-16-7-5-10-23(2,3)31-16)20(17)22(30)26-15-9-11-25-18(12-15)21(24)29/h4,6,8-9,11-12,16H,5,7,10,13H2,1-3H3,(H2,24,29)(H,25,26,30). The molecule has 3 heterocycles. The topological polar surface area (TPSA) is 112 Å². The number of nitrogens with one attached hydrogen (secondary N) is 1. The fourth-order valence-corrected chi connectivity index (χ4v) is 4.14. The normalized spacial score (nSPS) is 18.1. The molecule has 1 fully saturated rings. The number of hydrogen-bond donors (Lipinski definition) is 2. The number of amides is 2. The molecule has 0 bridgehead atoms.